The molecule has 0 radical (unpaired) electrons. The fourth-order valence-corrected chi connectivity index (χ4v) is 8.69. The summed E-state index contributed by atoms with van der Waals surface area (Å²) in [5.41, 5.74) is 21.2. The van der Waals surface area contributed by atoms with Crippen molar-refractivity contribution >= 4 is 48.6 Å². The average Bonchev–Trinajstić information content (AvgIpc) is 3.50. The van der Waals surface area contributed by atoms with Gasteiger partial charge in [-0.3, -0.25) is 10.4 Å². The zero-order valence-electron chi connectivity index (χ0n) is 41.4. The molecule has 8 rings (SSSR count). The van der Waals surface area contributed by atoms with Gasteiger partial charge in [-0.15, -0.1) is 45.2 Å². The molecule has 6 aromatic rings. The van der Waals surface area contributed by atoms with Gasteiger partial charge in [-0.1, -0.05) is 72.1 Å². The number of rotatable bonds is 22. The highest BCUT2D eigenvalue weighted by atomic mass is 16.5. The Balaban J connectivity index is 1.15. The van der Waals surface area contributed by atoms with Crippen LogP contribution >= 0.6 is 0 Å². The van der Waals surface area contributed by atoms with Crippen LogP contribution in [0.15, 0.2) is 227 Å². The van der Waals surface area contributed by atoms with E-state index >= 15 is 0 Å². The monoisotopic (exact) mass is 1030 g/mol. The van der Waals surface area contributed by atoms with Gasteiger partial charge in [0.2, 0.25) is 11.6 Å². The molecule has 0 heterocycles. The molecule has 384 valence electrons. The predicted molar refractivity (Wildman–Crippen MR) is 306 cm³/mol. The van der Waals surface area contributed by atoms with Crippen molar-refractivity contribution < 1.29 is 20.8 Å². The summed E-state index contributed by atoms with van der Waals surface area (Å²) < 4.78 is 0. The summed E-state index contributed by atoms with van der Waals surface area (Å²) in [5, 5.41) is 49.1. The number of hydrogen-bond acceptors (Lipinski definition) is 16. The maximum atomic E-state index is 11.4. The predicted octanol–water partition coefficient (Wildman–Crippen LogP) is 14.0. The Kier molecular flexibility index (Phi) is 17.8. The maximum Gasteiger partial charge on any atom is 0.217 e. The van der Waals surface area contributed by atoms with Gasteiger partial charge in [0.1, 0.15) is 0 Å². The average molecular weight is 1030 g/mol. The normalized spacial score (nSPS) is 12.8. The number of nitroso groups, excluding NO2 is 4. The van der Waals surface area contributed by atoms with E-state index in [-0.39, 0.29) is 24.0 Å². The fraction of sp³-hybridized carbons (Fsp3) is 0. The van der Waals surface area contributed by atoms with Crippen molar-refractivity contribution in [2.75, 3.05) is 0 Å². The van der Waals surface area contributed by atoms with E-state index in [0.717, 1.165) is 89.7 Å². The lowest BCUT2D eigenvalue weighted by Crippen LogP contribution is -2.14. The number of hydroxylamine groups is 4. The largest absolute Gasteiger partial charge is 0.322 e. The van der Waals surface area contributed by atoms with Crippen LogP contribution < -0.4 is 21.9 Å². The third-order valence-corrected chi connectivity index (χ3v) is 12.8. The van der Waals surface area contributed by atoms with Gasteiger partial charge < -0.3 is 10.4 Å². The van der Waals surface area contributed by atoms with Crippen molar-refractivity contribution in [1.29, 1.82) is 0 Å². The fourth-order valence-electron chi connectivity index (χ4n) is 8.69. The zero-order valence-corrected chi connectivity index (χ0v) is 41.4. The molecule has 0 atom stereocenters. The first-order valence-electron chi connectivity index (χ1n) is 23.9. The summed E-state index contributed by atoms with van der Waals surface area (Å²) >= 11 is 0. The van der Waals surface area contributed by atoms with Crippen LogP contribution in [0.4, 0.5) is 0 Å². The molecule has 0 fully saturated rings. The van der Waals surface area contributed by atoms with Gasteiger partial charge in [0.05, 0.1) is 46.4 Å². The summed E-state index contributed by atoms with van der Waals surface area (Å²) in [6, 6.07) is 38.1. The third kappa shape index (κ3) is 12.4. The van der Waals surface area contributed by atoms with Crippen LogP contribution in [-0.2, 0) is 0 Å². The Bertz CT molecular complexity index is 3520. The van der Waals surface area contributed by atoms with Crippen LogP contribution in [0, 0.1) is 43.8 Å². The first kappa shape index (κ1) is 54.0. The van der Waals surface area contributed by atoms with Crippen LogP contribution in [-0.4, -0.2) is 20.8 Å². The van der Waals surface area contributed by atoms with E-state index in [2.05, 4.69) is 33.9 Å². The van der Waals surface area contributed by atoms with Crippen molar-refractivity contribution in [2.45, 2.75) is 0 Å². The van der Waals surface area contributed by atoms with Gasteiger partial charge >= 0.3 is 0 Å². The minimum atomic E-state index is -0.231. The SMILES string of the molecule is C=Cc1ccc(C=Cc2ccc(C=Cc3ccc(C=Cc4ccc(C=C)c([C+]5C=CC(=C(N=O)NO)C=C5)c4)c([C+]4C=CC(=C(N=O)NO)C=C4)c3)c(-c3ccc([C-](N=O)NO)cc3)c2)c(-c2ccc([C-](N=O)NO)cc2)c1. The van der Waals surface area contributed by atoms with Crippen molar-refractivity contribution in [1.82, 2.24) is 21.9 Å². The highest BCUT2D eigenvalue weighted by Crippen LogP contribution is 2.35. The summed E-state index contributed by atoms with van der Waals surface area (Å²) in [6.45, 7) is 7.94. The molecular weight excluding hydrogens is 985 g/mol. The second-order valence-corrected chi connectivity index (χ2v) is 17.3. The smallest absolute Gasteiger partial charge is 0.217 e. The molecule has 16 nitrogen and oxygen atoms in total. The number of nitrogens with one attached hydrogen (secondary N) is 4. The van der Waals surface area contributed by atoms with Crippen LogP contribution in [0.2, 0.25) is 0 Å². The molecule has 0 bridgehead atoms. The summed E-state index contributed by atoms with van der Waals surface area (Å²) in [4.78, 5) is 45.2. The van der Waals surface area contributed by atoms with E-state index in [9.17, 15) is 40.5 Å². The molecule has 0 aromatic heterocycles. The van der Waals surface area contributed by atoms with Gasteiger partial charge in [-0.05, 0) is 116 Å². The summed E-state index contributed by atoms with van der Waals surface area (Å²) in [7, 11) is 0. The lowest BCUT2D eigenvalue weighted by Gasteiger charge is -2.17. The number of hydrogen-bond donors (Lipinski definition) is 8. The van der Waals surface area contributed by atoms with E-state index in [0.29, 0.717) is 22.3 Å². The molecular formula is C62H48N8O8. The van der Waals surface area contributed by atoms with Gasteiger partial charge in [-0.2, -0.15) is 34.1 Å². The second-order valence-electron chi connectivity index (χ2n) is 17.3. The van der Waals surface area contributed by atoms with Crippen molar-refractivity contribution in [3.63, 3.8) is 0 Å². The van der Waals surface area contributed by atoms with Crippen molar-refractivity contribution in [3.8, 4) is 22.3 Å². The first-order chi connectivity index (χ1) is 38.2. The van der Waals surface area contributed by atoms with E-state index in [1.54, 1.807) is 60.7 Å². The molecule has 0 unspecified atom stereocenters. The van der Waals surface area contributed by atoms with Crippen LogP contribution in [0.5, 0.6) is 0 Å². The molecule has 8 N–H and O–H groups in total. The van der Waals surface area contributed by atoms with E-state index < -0.39 is 0 Å². The molecule has 2 aliphatic carbocycles. The zero-order chi connectivity index (χ0) is 55.0. The highest BCUT2D eigenvalue weighted by molar-refractivity contribution is 5.87. The topological polar surface area (TPSA) is 247 Å². The molecule has 0 saturated carbocycles. The molecule has 0 amide bonds. The standard InChI is InChI=1S/C62H48N8O8/c1-3-39-5-13-44(56(35-39)48-21-29-52(30-22-48)60(65-73)66-74)14-8-41-9-17-46(58(37-41)50-25-33-54(34-26-50)62(69-77)70-78)18-11-42-10-16-45(57(38-42)49-23-31-53(32-24-49)61(67-75)68-76)15-7-40-6-12-43(4-2)55(36-40)47-19-27-51(28-20-47)59(63-71)64-72/h3-38,63,65,67,69,71,73,75,77H,1-2H2. The van der Waals surface area contributed by atoms with Gasteiger partial charge in [0.15, 0.2) is 0 Å². The Morgan fingerprint density at radius 2 is 0.808 bits per heavy atom. The van der Waals surface area contributed by atoms with Gasteiger partial charge in [0, 0.05) is 83.0 Å². The highest BCUT2D eigenvalue weighted by Gasteiger charge is 2.23. The minimum Gasteiger partial charge on any atom is -0.322 e. The lowest BCUT2D eigenvalue weighted by molar-refractivity contribution is 0.178. The third-order valence-electron chi connectivity index (χ3n) is 12.8. The number of benzene rings is 6. The molecule has 0 saturated heterocycles. The quantitative estimate of drug-likeness (QED) is 0.0137. The summed E-state index contributed by atoms with van der Waals surface area (Å²) in [6.07, 6.45) is 29.1. The molecule has 0 aliphatic heterocycles. The Morgan fingerprint density at radius 3 is 1.19 bits per heavy atom. The molecule has 0 spiro atoms. The van der Waals surface area contributed by atoms with Gasteiger partial charge in [0.25, 0.3) is 0 Å². The molecule has 6 aromatic carbocycles. The summed E-state index contributed by atoms with van der Waals surface area (Å²) in [5.74, 6) is 1.23. The lowest BCUT2D eigenvalue weighted by atomic mass is 9.87. The molecule has 16 heteroatoms. The molecule has 2 aliphatic rings. The van der Waals surface area contributed by atoms with E-state index in [4.69, 9.17) is 0 Å². The number of allylic oxidation sites excluding steroid dienone is 10. The Labute approximate surface area is 449 Å². The first-order valence-corrected chi connectivity index (χ1v) is 23.9. The Hall–Kier alpha value is -10.3. The van der Waals surface area contributed by atoms with Crippen molar-refractivity contribution in [2.24, 2.45) is 20.7 Å². The van der Waals surface area contributed by atoms with Crippen LogP contribution in [0.3, 0.4) is 0 Å². The number of nitrogens with zero attached hydrogens (tertiary/aromatic N) is 4. The molecule has 78 heavy (non-hydrogen) atoms. The van der Waals surface area contributed by atoms with Crippen LogP contribution in [0.25, 0.3) is 70.9 Å². The van der Waals surface area contributed by atoms with Gasteiger partial charge in [-0.25, -0.2) is 21.9 Å². The van der Waals surface area contributed by atoms with E-state index in [1.807, 2.05) is 180 Å². The maximum absolute atomic E-state index is 11.4. The van der Waals surface area contributed by atoms with Crippen molar-refractivity contribution in [3.05, 3.63) is 316 Å². The minimum absolute atomic E-state index is 0.204. The van der Waals surface area contributed by atoms with E-state index in [1.165, 1.54) is 0 Å². The second kappa shape index (κ2) is 25.8. The Morgan fingerprint density at radius 1 is 0.436 bits per heavy atom. The van der Waals surface area contributed by atoms with Crippen LogP contribution in [0.1, 0.15) is 66.8 Å².